The summed E-state index contributed by atoms with van der Waals surface area (Å²) in [7, 11) is 1.58. The van der Waals surface area contributed by atoms with E-state index in [4.69, 9.17) is 15.2 Å². The van der Waals surface area contributed by atoms with Gasteiger partial charge in [0.25, 0.3) is 0 Å². The van der Waals surface area contributed by atoms with Crippen molar-refractivity contribution >= 4 is 29.0 Å². The van der Waals surface area contributed by atoms with Gasteiger partial charge in [-0.05, 0) is 25.5 Å². The van der Waals surface area contributed by atoms with Crippen LogP contribution in [-0.4, -0.2) is 36.7 Å². The average Bonchev–Trinajstić information content (AvgIpc) is 2.87. The van der Waals surface area contributed by atoms with Crippen molar-refractivity contribution < 1.29 is 14.3 Å². The second-order valence-electron chi connectivity index (χ2n) is 5.03. The fraction of sp³-hybridized carbons (Fsp3) is 0.533. The lowest BCUT2D eigenvalue weighted by atomic mass is 10.2. The van der Waals surface area contributed by atoms with E-state index in [2.05, 4.69) is 12.2 Å². The van der Waals surface area contributed by atoms with Gasteiger partial charge in [0.1, 0.15) is 5.75 Å². The molecule has 1 aromatic carbocycles. The van der Waals surface area contributed by atoms with E-state index in [1.807, 2.05) is 0 Å². The maximum Gasteiger partial charge on any atom is 0.225 e. The topological polar surface area (TPSA) is 73.6 Å². The van der Waals surface area contributed by atoms with Crippen molar-refractivity contribution in [3.8, 4) is 5.75 Å². The van der Waals surface area contributed by atoms with Crippen LogP contribution in [0.15, 0.2) is 18.2 Å². The Morgan fingerprint density at radius 1 is 1.57 bits per heavy atom. The summed E-state index contributed by atoms with van der Waals surface area (Å²) in [6.07, 6.45) is 1.83. The van der Waals surface area contributed by atoms with E-state index in [0.717, 1.165) is 18.8 Å². The third-order valence-electron chi connectivity index (χ3n) is 3.50. The van der Waals surface area contributed by atoms with Crippen LogP contribution in [0.25, 0.3) is 0 Å². The summed E-state index contributed by atoms with van der Waals surface area (Å²) in [5, 5.41) is 3.34. The quantitative estimate of drug-likeness (QED) is 0.790. The van der Waals surface area contributed by atoms with E-state index < -0.39 is 0 Å². The minimum atomic E-state index is -0.0223. The first kappa shape index (κ1) is 16.0. The first-order chi connectivity index (χ1) is 10.1. The van der Waals surface area contributed by atoms with Gasteiger partial charge in [0.2, 0.25) is 5.91 Å². The summed E-state index contributed by atoms with van der Waals surface area (Å²) in [6, 6.07) is 5.23. The van der Waals surface area contributed by atoms with E-state index >= 15 is 0 Å². The van der Waals surface area contributed by atoms with Crippen LogP contribution in [0.2, 0.25) is 0 Å². The summed E-state index contributed by atoms with van der Waals surface area (Å²) < 4.78 is 10.6. The number of benzene rings is 1. The van der Waals surface area contributed by atoms with Crippen molar-refractivity contribution in [1.29, 1.82) is 0 Å². The summed E-state index contributed by atoms with van der Waals surface area (Å²) in [5.74, 6) is 1.45. The number of nitrogens with two attached hydrogens (primary N) is 1. The molecule has 116 valence electrons. The third-order valence-corrected chi connectivity index (χ3v) is 4.99. The van der Waals surface area contributed by atoms with Gasteiger partial charge >= 0.3 is 0 Å². The van der Waals surface area contributed by atoms with Gasteiger partial charge in [-0.25, -0.2) is 0 Å². The van der Waals surface area contributed by atoms with Gasteiger partial charge in [-0.2, -0.15) is 11.8 Å². The van der Waals surface area contributed by atoms with Gasteiger partial charge < -0.3 is 20.5 Å². The standard InChI is InChI=1S/C15H22N2O3S/c1-10-14(5-7-20-10)21-8-6-15(18)17-13-4-3-11(19-2)9-12(13)16/h3-4,9-10,14H,5-8,16H2,1-2H3,(H,17,18). The second kappa shape index (κ2) is 7.56. The molecule has 0 bridgehead atoms. The van der Waals surface area contributed by atoms with Gasteiger partial charge in [0.05, 0.1) is 24.6 Å². The highest BCUT2D eigenvalue weighted by atomic mass is 32.2. The van der Waals surface area contributed by atoms with Gasteiger partial charge in [0, 0.05) is 30.1 Å². The van der Waals surface area contributed by atoms with Crippen molar-refractivity contribution in [2.24, 2.45) is 0 Å². The number of methoxy groups -OCH3 is 1. The summed E-state index contributed by atoms with van der Waals surface area (Å²) in [5.41, 5.74) is 7.01. The molecule has 1 saturated heterocycles. The molecule has 1 aliphatic rings. The van der Waals surface area contributed by atoms with Gasteiger partial charge in [0.15, 0.2) is 0 Å². The van der Waals surface area contributed by atoms with Crippen LogP contribution in [0.3, 0.4) is 0 Å². The number of hydrogen-bond donors (Lipinski definition) is 2. The van der Waals surface area contributed by atoms with Crippen LogP contribution in [0.1, 0.15) is 19.8 Å². The van der Waals surface area contributed by atoms with Crippen LogP contribution >= 0.6 is 11.8 Å². The summed E-state index contributed by atoms with van der Waals surface area (Å²) in [4.78, 5) is 11.9. The number of hydrogen-bond acceptors (Lipinski definition) is 5. The van der Waals surface area contributed by atoms with Crippen LogP contribution < -0.4 is 15.8 Å². The molecule has 1 aromatic rings. The number of nitrogen functional groups attached to an aromatic ring is 1. The zero-order chi connectivity index (χ0) is 15.2. The van der Waals surface area contributed by atoms with Crippen molar-refractivity contribution in [2.75, 3.05) is 30.5 Å². The van der Waals surface area contributed by atoms with E-state index in [-0.39, 0.29) is 12.0 Å². The molecule has 0 aromatic heterocycles. The maximum atomic E-state index is 11.9. The number of carbonyl (C=O) groups is 1. The Labute approximate surface area is 129 Å². The number of carbonyl (C=O) groups excluding carboxylic acids is 1. The van der Waals surface area contributed by atoms with Gasteiger partial charge in [-0.15, -0.1) is 0 Å². The zero-order valence-corrected chi connectivity index (χ0v) is 13.2. The largest absolute Gasteiger partial charge is 0.497 e. The Morgan fingerprint density at radius 2 is 2.38 bits per heavy atom. The molecular weight excluding hydrogens is 288 g/mol. The zero-order valence-electron chi connectivity index (χ0n) is 12.4. The lowest BCUT2D eigenvalue weighted by Crippen LogP contribution is -2.17. The molecule has 3 N–H and O–H groups in total. The van der Waals surface area contributed by atoms with Crippen LogP contribution in [0.4, 0.5) is 11.4 Å². The molecule has 21 heavy (non-hydrogen) atoms. The molecule has 2 unspecified atom stereocenters. The van der Waals surface area contributed by atoms with Crippen molar-refractivity contribution in [2.45, 2.75) is 31.1 Å². The normalized spacial score (nSPS) is 21.2. The molecule has 1 aliphatic heterocycles. The highest BCUT2D eigenvalue weighted by molar-refractivity contribution is 7.99. The molecule has 0 saturated carbocycles. The minimum absolute atomic E-state index is 0.0223. The Morgan fingerprint density at radius 3 is 3.00 bits per heavy atom. The smallest absolute Gasteiger partial charge is 0.225 e. The van der Waals surface area contributed by atoms with Crippen molar-refractivity contribution in [3.05, 3.63) is 18.2 Å². The SMILES string of the molecule is COc1ccc(NC(=O)CCSC2CCOC2C)c(N)c1. The van der Waals surface area contributed by atoms with E-state index in [9.17, 15) is 4.79 Å². The van der Waals surface area contributed by atoms with Gasteiger partial charge in [-0.3, -0.25) is 4.79 Å². The lowest BCUT2D eigenvalue weighted by molar-refractivity contribution is -0.115. The maximum absolute atomic E-state index is 11.9. The number of ether oxygens (including phenoxy) is 2. The molecule has 0 radical (unpaired) electrons. The Balaban J connectivity index is 1.76. The molecule has 1 heterocycles. The highest BCUT2D eigenvalue weighted by Gasteiger charge is 2.24. The molecule has 0 spiro atoms. The number of anilines is 2. The molecule has 2 rings (SSSR count). The molecule has 0 aliphatic carbocycles. The molecule has 2 atom stereocenters. The van der Waals surface area contributed by atoms with Crippen LogP contribution in [0.5, 0.6) is 5.75 Å². The Kier molecular flexibility index (Phi) is 5.76. The predicted octanol–water partition coefficient (Wildman–Crippen LogP) is 2.52. The molecule has 1 fully saturated rings. The summed E-state index contributed by atoms with van der Waals surface area (Å²) in [6.45, 7) is 2.91. The summed E-state index contributed by atoms with van der Waals surface area (Å²) >= 11 is 1.80. The minimum Gasteiger partial charge on any atom is -0.497 e. The first-order valence-electron chi connectivity index (χ1n) is 7.06. The molecule has 1 amide bonds. The Bertz CT molecular complexity index is 496. The van der Waals surface area contributed by atoms with E-state index in [1.54, 1.807) is 37.1 Å². The number of amides is 1. The van der Waals surface area contributed by atoms with E-state index in [0.29, 0.717) is 28.8 Å². The monoisotopic (exact) mass is 310 g/mol. The van der Waals surface area contributed by atoms with Crippen molar-refractivity contribution in [3.63, 3.8) is 0 Å². The number of nitrogens with one attached hydrogen (secondary N) is 1. The third kappa shape index (κ3) is 4.54. The molecule has 5 nitrogen and oxygen atoms in total. The first-order valence-corrected chi connectivity index (χ1v) is 8.11. The van der Waals surface area contributed by atoms with Crippen molar-refractivity contribution in [1.82, 2.24) is 0 Å². The average molecular weight is 310 g/mol. The van der Waals surface area contributed by atoms with Crippen LogP contribution in [0, 0.1) is 0 Å². The molecular formula is C15H22N2O3S. The lowest BCUT2D eigenvalue weighted by Gasteiger charge is -2.13. The fourth-order valence-electron chi connectivity index (χ4n) is 2.23. The number of thioether (sulfide) groups is 1. The Hall–Kier alpha value is -1.40. The van der Waals surface area contributed by atoms with Gasteiger partial charge in [-0.1, -0.05) is 0 Å². The number of rotatable bonds is 6. The van der Waals surface area contributed by atoms with E-state index in [1.165, 1.54) is 0 Å². The van der Waals surface area contributed by atoms with Crippen LogP contribution in [-0.2, 0) is 9.53 Å². The fourth-order valence-corrected chi connectivity index (χ4v) is 3.45. The molecule has 6 heteroatoms. The predicted molar refractivity (Wildman–Crippen MR) is 86.9 cm³/mol. The second-order valence-corrected chi connectivity index (χ2v) is 6.37. The highest BCUT2D eigenvalue weighted by Crippen LogP contribution is 2.27.